The number of aromatic hydroxyl groups is 1. The summed E-state index contributed by atoms with van der Waals surface area (Å²) in [6.45, 7) is 26.2. The molecule has 0 saturated heterocycles. The van der Waals surface area contributed by atoms with Crippen molar-refractivity contribution in [1.82, 2.24) is 29.5 Å². The summed E-state index contributed by atoms with van der Waals surface area (Å²) in [6, 6.07) is 71.9. The van der Waals surface area contributed by atoms with Gasteiger partial charge in [-0.3, -0.25) is 38.1 Å². The number of nitrogens with zero attached hydrogens (tertiary/aromatic N) is 9. The van der Waals surface area contributed by atoms with Gasteiger partial charge in [-0.25, -0.2) is 29.7 Å². The van der Waals surface area contributed by atoms with Crippen LogP contribution in [0.5, 0.6) is 5.88 Å². The van der Waals surface area contributed by atoms with Crippen molar-refractivity contribution in [3.05, 3.63) is 355 Å². The van der Waals surface area contributed by atoms with Gasteiger partial charge in [0.05, 0.1) is 41.6 Å². The second-order valence-corrected chi connectivity index (χ2v) is 40.3. The molecule has 7 aromatic carbocycles. The van der Waals surface area contributed by atoms with E-state index in [0.717, 1.165) is 120 Å². The smallest absolute Gasteiger partial charge is 0.344 e. The lowest BCUT2D eigenvalue weighted by atomic mass is 9.79. The number of anilines is 6. The first-order chi connectivity index (χ1) is 62.7. The van der Waals surface area contributed by atoms with Gasteiger partial charge in [0.15, 0.2) is 0 Å². The van der Waals surface area contributed by atoms with Gasteiger partial charge in [0.2, 0.25) is 29.5 Å². The number of benzene rings is 7. The maximum atomic E-state index is 13.5. The van der Waals surface area contributed by atoms with Crippen LogP contribution in [0, 0.1) is 20.8 Å². The van der Waals surface area contributed by atoms with Crippen LogP contribution in [-0.4, -0.2) is 107 Å². The van der Waals surface area contributed by atoms with Gasteiger partial charge in [0.1, 0.15) is 34.5 Å². The number of pyridine rings is 5. The normalized spacial score (nSPS) is 17.5. The SMILES string of the molecule is C.C.C.C.C.C.C.C.COC(=O)c1c(O)n(C(C)(C)C)c2ncccc12.CS(=O)(=O)O.Cc1ccc2c(c1)C[C@@]1(C2)C(=O)N(C(C)(C)C)c2ncccc21.Cc1ccc2c(c1)C[C@@]1(C2)C(=O)N(C(C)(C)C)c2ncccc21.Cc1ccc2c(c1)C[C@@]1(C2)C(=O)Nc2ncccc21.Cl.Nc1ccc2c(c1)C[C@@]1(C2)C(=O)Nc2ncccc21.OCc1ccc(N(Cc2ccccc2)Cc2ccccc2)cc1CCl. The molecule has 0 saturated carbocycles. The van der Waals surface area contributed by atoms with Crippen molar-refractivity contribution in [1.29, 1.82) is 0 Å². The molecule has 0 unspecified atom stereocenters. The van der Waals surface area contributed by atoms with E-state index in [1.54, 1.807) is 47.7 Å². The lowest BCUT2D eigenvalue weighted by Gasteiger charge is -2.33. The predicted octanol–water partition coefficient (Wildman–Crippen LogP) is 23.6. The van der Waals surface area contributed by atoms with Gasteiger partial charge < -0.3 is 36.2 Å². The average molecular weight is 1980 g/mol. The number of hydrogen-bond donors (Lipinski definition) is 6. The fourth-order valence-corrected chi connectivity index (χ4v) is 20.2. The zero-order valence-electron chi connectivity index (χ0n) is 77.5. The molecule has 21 rings (SSSR count). The zero-order valence-corrected chi connectivity index (χ0v) is 79.9. The third kappa shape index (κ3) is 23.4. The first-order valence-corrected chi connectivity index (χ1v) is 46.7. The molecule has 4 aliphatic heterocycles. The number of fused-ring (bicyclic) bond motifs is 13. The van der Waals surface area contributed by atoms with Gasteiger partial charge >= 0.3 is 5.97 Å². The van der Waals surface area contributed by atoms with E-state index >= 15 is 0 Å². The largest absolute Gasteiger partial charge is 0.494 e. The number of rotatable bonds is 8. The third-order valence-electron chi connectivity index (χ3n) is 25.9. The molecule has 26 heteroatoms. The molecular formula is C115H146Cl2N12O11S. The van der Waals surface area contributed by atoms with E-state index in [-0.39, 0.29) is 130 Å². The minimum atomic E-state index is -3.67. The van der Waals surface area contributed by atoms with Crippen LogP contribution in [0.15, 0.2) is 243 Å². The minimum Gasteiger partial charge on any atom is -0.494 e. The Morgan fingerprint density at radius 2 is 0.816 bits per heavy atom. The molecule has 8 aliphatic rings. The van der Waals surface area contributed by atoms with Crippen LogP contribution in [0.4, 0.5) is 34.6 Å². The minimum absolute atomic E-state index is 0. The van der Waals surface area contributed by atoms with Crippen molar-refractivity contribution in [2.24, 2.45) is 0 Å². The Labute approximate surface area is 847 Å². The zero-order chi connectivity index (χ0) is 94.4. The Hall–Kier alpha value is -13.0. The Morgan fingerprint density at radius 3 is 1.20 bits per heavy atom. The lowest BCUT2D eigenvalue weighted by molar-refractivity contribution is -0.124. The number of esters is 1. The van der Waals surface area contributed by atoms with Gasteiger partial charge in [-0.05, 0) is 262 Å². The van der Waals surface area contributed by atoms with Crippen molar-refractivity contribution in [3.63, 3.8) is 0 Å². The summed E-state index contributed by atoms with van der Waals surface area (Å²) in [7, 11) is -2.38. The van der Waals surface area contributed by atoms with E-state index in [1.165, 1.54) is 79.4 Å². The number of aromatic nitrogens is 6. The summed E-state index contributed by atoms with van der Waals surface area (Å²) in [5, 5.41) is 26.2. The molecule has 0 bridgehead atoms. The Balaban J connectivity index is 0.000000254. The molecule has 10 heterocycles. The van der Waals surface area contributed by atoms with E-state index in [9.17, 15) is 42.6 Å². The predicted molar refractivity (Wildman–Crippen MR) is 580 cm³/mol. The number of halogens is 2. The highest BCUT2D eigenvalue weighted by molar-refractivity contribution is 7.85. The maximum absolute atomic E-state index is 13.5. The number of aryl methyl sites for hydroxylation is 3. The molecule has 4 amide bonds. The number of carbonyl (C=O) groups excluding carboxylic acids is 5. The molecule has 13 aromatic rings. The molecule has 4 aliphatic carbocycles. The summed E-state index contributed by atoms with van der Waals surface area (Å²) < 4.78 is 32.2. The third-order valence-corrected chi connectivity index (χ3v) is 26.2. The van der Waals surface area contributed by atoms with E-state index < -0.39 is 37.7 Å². The molecule has 141 heavy (non-hydrogen) atoms. The summed E-state index contributed by atoms with van der Waals surface area (Å²) in [6.07, 6.45) is 15.5. The van der Waals surface area contributed by atoms with Crippen molar-refractivity contribution >= 4 is 109 Å². The highest BCUT2D eigenvalue weighted by atomic mass is 35.5. The molecular weight excluding hydrogens is 1830 g/mol. The first kappa shape index (κ1) is 117. The Morgan fingerprint density at radius 1 is 0.461 bits per heavy atom. The van der Waals surface area contributed by atoms with Gasteiger partial charge in [0.25, 0.3) is 10.1 Å². The van der Waals surface area contributed by atoms with Crippen LogP contribution in [0.3, 0.4) is 0 Å². The number of aliphatic hydroxyl groups is 1. The van der Waals surface area contributed by atoms with E-state index in [4.69, 9.17) is 26.6 Å². The molecule has 4 spiro atoms. The number of ether oxygens (including phenoxy) is 1. The Kier molecular flexibility index (Phi) is 38.2. The first-order valence-electron chi connectivity index (χ1n) is 44.3. The highest BCUT2D eigenvalue weighted by Crippen LogP contribution is 2.54. The van der Waals surface area contributed by atoms with Crippen LogP contribution in [0.2, 0.25) is 0 Å². The van der Waals surface area contributed by atoms with Crippen molar-refractivity contribution in [2.75, 3.05) is 44.4 Å². The number of hydrogen-bond acceptors (Lipinski definition) is 17. The quantitative estimate of drug-likeness (QED) is 0.0356. The van der Waals surface area contributed by atoms with Crippen molar-refractivity contribution in [3.8, 4) is 5.88 Å². The van der Waals surface area contributed by atoms with Gasteiger partial charge in [-0.15, -0.1) is 24.0 Å². The van der Waals surface area contributed by atoms with Crippen LogP contribution < -0.4 is 31.1 Å². The van der Waals surface area contributed by atoms with Gasteiger partial charge in [-0.2, -0.15) is 8.42 Å². The molecule has 0 radical (unpaired) electrons. The van der Waals surface area contributed by atoms with Crippen molar-refractivity contribution in [2.45, 2.75) is 258 Å². The van der Waals surface area contributed by atoms with Crippen molar-refractivity contribution < 1.29 is 51.9 Å². The highest BCUT2D eigenvalue weighted by Gasteiger charge is 2.59. The van der Waals surface area contributed by atoms with Crippen LogP contribution in [-0.2, 0) is 138 Å². The number of aliphatic hydroxyl groups excluding tert-OH is 1. The van der Waals surface area contributed by atoms with E-state index in [1.807, 2.05) is 103 Å². The number of amides is 4. The molecule has 23 nitrogen and oxygen atoms in total. The summed E-state index contributed by atoms with van der Waals surface area (Å²) >= 11 is 6.08. The standard InChI is InChI=1S/C22H22ClNO.2C20H22N2O.C16H14N2O.C15H13N3O.C13H16N2O3.CH4O3S.8CH4.ClH/c23-14-21-13-22(12-11-20(21)17-25)24(15-18-7-3-1-4-8-18)16-19-9-5-2-6-10-19;2*1-13-7-8-14-11-20(12-15(14)10-13)16-6-5-9-21-17(16)22(18(20)23)19(2,3)4;1-10-4-5-11-8-16(9-12(11)7-10)13-3-2-6-17-14(13)18-15(16)19;16-11-4-3-9-7-15(8-10(9)6-11)12-2-1-5-17-13(12)18-14(15)19;1-13(2,3)15-10-8(6-5-7-14-10)9(11(15)16)12(17)18-4;1-5(2,3)4;;;;;;;;;/h1-13,25H,14-17H2;2*5-10H,11-12H2,1-4H3;2-7H,8-9H2,1H3,(H,17,18,19);1-6H,7-8,16H2,(H,17,18,19);5-7,16H,1-4H3;1H3,(H,2,3,4);8*1H4;1H/t;2*20-;16-;15-;;;;;;;;;;;/m.1111.........../s1. The molecule has 0 fully saturated rings. The second kappa shape index (κ2) is 46.2. The van der Waals surface area contributed by atoms with E-state index in [2.05, 4.69) is 230 Å². The fourth-order valence-electron chi connectivity index (χ4n) is 19.9. The van der Waals surface area contributed by atoms with Crippen LogP contribution in [0.1, 0.15) is 238 Å². The summed E-state index contributed by atoms with van der Waals surface area (Å²) in [5.41, 5.74) is 28.2. The number of nitrogens with one attached hydrogen (secondary N) is 2. The second-order valence-electron chi connectivity index (χ2n) is 38.5. The monoisotopic (exact) mass is 1970 g/mol. The number of nitrogen functional groups attached to an aromatic ring is 1. The van der Waals surface area contributed by atoms with Gasteiger partial charge in [0, 0.05) is 106 Å². The van der Waals surface area contributed by atoms with Gasteiger partial charge in [-0.1, -0.05) is 228 Å². The average Bonchev–Trinajstić information content (AvgIpc) is 1.54. The molecule has 752 valence electrons. The molecule has 4 atom stereocenters. The Bertz CT molecular complexity index is 6450. The number of alkyl halides is 1. The number of nitrogens with two attached hydrogens (primary N) is 1. The number of carbonyl (C=O) groups is 5. The lowest BCUT2D eigenvalue weighted by Crippen LogP contribution is -2.49. The summed E-state index contributed by atoms with van der Waals surface area (Å²) in [5.74, 6) is 3.39. The fraction of sp³-hybridized carbons (Fsp3) is 0.357. The van der Waals surface area contributed by atoms with E-state index in [0.29, 0.717) is 35.4 Å². The summed E-state index contributed by atoms with van der Waals surface area (Å²) in [4.78, 5) is 91.6. The maximum Gasteiger partial charge on any atom is 0.344 e. The number of methoxy groups -OCH3 is 1. The topological polar surface area (TPSA) is 319 Å². The van der Waals surface area contributed by atoms with Crippen LogP contribution >= 0.6 is 24.0 Å². The van der Waals surface area contributed by atoms with Crippen LogP contribution in [0.25, 0.3) is 11.0 Å². The molecule has 7 N–H and O–H groups in total. The molecule has 6 aromatic heterocycles.